The minimum Gasteiger partial charge on any atom is -0.490 e. The summed E-state index contributed by atoms with van der Waals surface area (Å²) in [5, 5.41) is 2.76. The minimum atomic E-state index is 0.426. The Bertz CT molecular complexity index is 654. The number of fused-ring (bicyclic) bond motifs is 1. The summed E-state index contributed by atoms with van der Waals surface area (Å²) in [5.41, 5.74) is 0. The first-order valence-corrected chi connectivity index (χ1v) is 10.8. The molecule has 2 aliphatic rings. The fourth-order valence-electron chi connectivity index (χ4n) is 4.01. The van der Waals surface area contributed by atoms with Gasteiger partial charge in [0.15, 0.2) is 4.90 Å². The van der Waals surface area contributed by atoms with Gasteiger partial charge < -0.3 is 4.74 Å². The maximum Gasteiger partial charge on any atom is 0.162 e. The van der Waals surface area contributed by atoms with E-state index in [0.29, 0.717) is 17.0 Å². The van der Waals surface area contributed by atoms with Gasteiger partial charge in [-0.05, 0) is 63.1 Å². The Morgan fingerprint density at radius 3 is 2.22 bits per heavy atom. The molecule has 1 aliphatic carbocycles. The molecule has 0 radical (unpaired) electrons. The average molecular weight is 328 g/mol. The van der Waals surface area contributed by atoms with Crippen LogP contribution in [0.5, 0.6) is 5.75 Å². The van der Waals surface area contributed by atoms with E-state index >= 15 is 0 Å². The highest BCUT2D eigenvalue weighted by Gasteiger charge is 2.27. The normalized spacial score (nSPS) is 20.7. The maximum atomic E-state index is 6.41. The number of ether oxygens (including phenoxy) is 1. The number of benzene rings is 2. The summed E-state index contributed by atoms with van der Waals surface area (Å²) >= 11 is 0. The summed E-state index contributed by atoms with van der Waals surface area (Å²) in [7, 11) is 0.447. The predicted octanol–water partition coefficient (Wildman–Crippen LogP) is 5.71. The van der Waals surface area contributed by atoms with Crippen molar-refractivity contribution in [3.05, 3.63) is 36.4 Å². The highest BCUT2D eigenvalue weighted by atomic mass is 32.2. The molecule has 0 aromatic heterocycles. The van der Waals surface area contributed by atoms with Crippen molar-refractivity contribution in [1.29, 1.82) is 0 Å². The summed E-state index contributed by atoms with van der Waals surface area (Å²) in [5.74, 6) is 3.87. The van der Waals surface area contributed by atoms with Crippen LogP contribution in [0.3, 0.4) is 0 Å². The van der Waals surface area contributed by atoms with Crippen molar-refractivity contribution in [3.63, 3.8) is 0 Å². The van der Waals surface area contributed by atoms with Gasteiger partial charge in [-0.25, -0.2) is 0 Å². The first-order chi connectivity index (χ1) is 11.4. The highest BCUT2D eigenvalue weighted by molar-refractivity contribution is 7.97. The molecule has 1 saturated heterocycles. The standard InChI is InChI=1S/C21H27OS/c1-3-9-17(10-4-1)22-20-13-14-21(23-15-7-2-8-16-23)19-12-6-5-11-18(19)20/h5-6,11-14,17H,1-4,7-10,15-16H2/q+1. The average Bonchev–Trinajstić information content (AvgIpc) is 2.64. The summed E-state index contributed by atoms with van der Waals surface area (Å²) in [6, 6.07) is 13.5. The van der Waals surface area contributed by atoms with Gasteiger partial charge in [-0.15, -0.1) is 0 Å². The number of rotatable bonds is 3. The van der Waals surface area contributed by atoms with Crippen molar-refractivity contribution in [1.82, 2.24) is 0 Å². The number of hydrogen-bond donors (Lipinski definition) is 0. The van der Waals surface area contributed by atoms with Crippen LogP contribution >= 0.6 is 0 Å². The van der Waals surface area contributed by atoms with Gasteiger partial charge in [0.1, 0.15) is 17.3 Å². The van der Waals surface area contributed by atoms with E-state index in [4.69, 9.17) is 4.74 Å². The van der Waals surface area contributed by atoms with E-state index in [0.717, 1.165) is 5.75 Å². The molecule has 0 bridgehead atoms. The second-order valence-corrected chi connectivity index (χ2v) is 9.19. The van der Waals surface area contributed by atoms with Crippen LogP contribution in [0.1, 0.15) is 51.4 Å². The monoisotopic (exact) mass is 327 g/mol. The molecule has 2 heteroatoms. The van der Waals surface area contributed by atoms with Gasteiger partial charge in [-0.3, -0.25) is 0 Å². The Hall–Kier alpha value is -1.15. The zero-order chi connectivity index (χ0) is 15.5. The van der Waals surface area contributed by atoms with E-state index in [9.17, 15) is 0 Å². The molecular weight excluding hydrogens is 300 g/mol. The molecule has 1 heterocycles. The van der Waals surface area contributed by atoms with E-state index in [1.807, 2.05) is 0 Å². The molecule has 2 fully saturated rings. The van der Waals surface area contributed by atoms with Crippen molar-refractivity contribution in [2.75, 3.05) is 11.5 Å². The maximum absolute atomic E-state index is 6.41. The van der Waals surface area contributed by atoms with E-state index in [-0.39, 0.29) is 0 Å². The Labute approximate surface area is 142 Å². The van der Waals surface area contributed by atoms with Crippen LogP contribution in [-0.2, 0) is 10.9 Å². The topological polar surface area (TPSA) is 9.23 Å². The van der Waals surface area contributed by atoms with Crippen LogP contribution in [0.15, 0.2) is 41.3 Å². The first-order valence-electron chi connectivity index (χ1n) is 9.28. The molecule has 1 aliphatic heterocycles. The lowest BCUT2D eigenvalue weighted by molar-refractivity contribution is 0.157. The van der Waals surface area contributed by atoms with Crippen molar-refractivity contribution < 1.29 is 4.74 Å². The third-order valence-electron chi connectivity index (χ3n) is 5.28. The van der Waals surface area contributed by atoms with E-state index in [1.54, 1.807) is 4.90 Å². The molecule has 0 amide bonds. The molecule has 4 rings (SSSR count). The van der Waals surface area contributed by atoms with Crippen molar-refractivity contribution in [2.24, 2.45) is 0 Å². The van der Waals surface area contributed by atoms with Gasteiger partial charge in [0, 0.05) is 21.7 Å². The molecule has 1 nitrogen and oxygen atoms in total. The Morgan fingerprint density at radius 1 is 0.739 bits per heavy atom. The lowest BCUT2D eigenvalue weighted by atomic mass is 9.97. The summed E-state index contributed by atoms with van der Waals surface area (Å²) in [6.45, 7) is 0. The van der Waals surface area contributed by atoms with Crippen LogP contribution in [0.25, 0.3) is 10.8 Å². The molecule has 0 unspecified atom stereocenters. The Morgan fingerprint density at radius 2 is 1.43 bits per heavy atom. The molecule has 1 saturated carbocycles. The zero-order valence-corrected chi connectivity index (χ0v) is 14.7. The van der Waals surface area contributed by atoms with Crippen LogP contribution < -0.4 is 4.74 Å². The summed E-state index contributed by atoms with van der Waals surface area (Å²) in [6.07, 6.45) is 11.1. The molecule has 0 atom stereocenters. The van der Waals surface area contributed by atoms with Gasteiger partial charge in [0.25, 0.3) is 0 Å². The smallest absolute Gasteiger partial charge is 0.162 e. The van der Waals surface area contributed by atoms with Crippen LogP contribution in [0, 0.1) is 0 Å². The van der Waals surface area contributed by atoms with Crippen molar-refractivity contribution >= 4 is 21.7 Å². The van der Waals surface area contributed by atoms with Gasteiger partial charge in [0.05, 0.1) is 6.10 Å². The minimum absolute atomic E-state index is 0.426. The fraction of sp³-hybridized carbons (Fsp3) is 0.524. The van der Waals surface area contributed by atoms with Gasteiger partial charge >= 0.3 is 0 Å². The van der Waals surface area contributed by atoms with Crippen molar-refractivity contribution in [2.45, 2.75) is 62.4 Å². The Balaban J connectivity index is 1.67. The second-order valence-electron chi connectivity index (χ2n) is 6.95. The van der Waals surface area contributed by atoms with Crippen LogP contribution in [0.2, 0.25) is 0 Å². The summed E-state index contributed by atoms with van der Waals surface area (Å²) < 4.78 is 6.41. The molecule has 2 aromatic rings. The first kappa shape index (κ1) is 15.4. The van der Waals surface area contributed by atoms with Crippen LogP contribution in [-0.4, -0.2) is 17.6 Å². The summed E-state index contributed by atoms with van der Waals surface area (Å²) in [4.78, 5) is 1.58. The van der Waals surface area contributed by atoms with Crippen LogP contribution in [0.4, 0.5) is 0 Å². The molecule has 0 spiro atoms. The largest absolute Gasteiger partial charge is 0.490 e. The molecule has 0 N–H and O–H groups in total. The second kappa shape index (κ2) is 7.17. The van der Waals surface area contributed by atoms with E-state index < -0.39 is 0 Å². The molecular formula is C21H27OS+. The third-order valence-corrected chi connectivity index (χ3v) is 7.82. The van der Waals surface area contributed by atoms with Gasteiger partial charge in [-0.1, -0.05) is 24.6 Å². The molecule has 2 aromatic carbocycles. The quantitative estimate of drug-likeness (QED) is 0.656. The predicted molar refractivity (Wildman–Crippen MR) is 101 cm³/mol. The SMILES string of the molecule is c1ccc2c([S+]3CCCCC3)ccc(OC3CCCCC3)c2c1. The van der Waals surface area contributed by atoms with E-state index in [1.165, 1.54) is 73.6 Å². The molecule has 122 valence electrons. The lowest BCUT2D eigenvalue weighted by Gasteiger charge is -2.24. The third kappa shape index (κ3) is 3.38. The fourth-order valence-corrected chi connectivity index (χ4v) is 6.51. The van der Waals surface area contributed by atoms with E-state index in [2.05, 4.69) is 36.4 Å². The molecule has 23 heavy (non-hydrogen) atoms. The number of hydrogen-bond acceptors (Lipinski definition) is 1. The van der Waals surface area contributed by atoms with Gasteiger partial charge in [-0.2, -0.15) is 0 Å². The lowest BCUT2D eigenvalue weighted by Crippen LogP contribution is -2.20. The van der Waals surface area contributed by atoms with Crippen molar-refractivity contribution in [3.8, 4) is 5.75 Å². The zero-order valence-electron chi connectivity index (χ0n) is 13.9. The highest BCUT2D eigenvalue weighted by Crippen LogP contribution is 2.35. The van der Waals surface area contributed by atoms with Gasteiger partial charge in [0.2, 0.25) is 0 Å². The Kier molecular flexibility index (Phi) is 4.80.